The fourth-order valence-corrected chi connectivity index (χ4v) is 2.21. The van der Waals surface area contributed by atoms with Crippen molar-refractivity contribution in [3.63, 3.8) is 0 Å². The molecular formula is C16H32IN5O2. The van der Waals surface area contributed by atoms with Crippen molar-refractivity contribution in [1.29, 1.82) is 0 Å². The van der Waals surface area contributed by atoms with Crippen LogP contribution in [-0.2, 0) is 9.53 Å². The van der Waals surface area contributed by atoms with Gasteiger partial charge in [0.2, 0.25) is 5.91 Å². The van der Waals surface area contributed by atoms with Crippen molar-refractivity contribution >= 4 is 35.8 Å². The first-order chi connectivity index (χ1) is 10.9. The fourth-order valence-electron chi connectivity index (χ4n) is 2.21. The molecule has 24 heavy (non-hydrogen) atoms. The molecule has 1 rings (SSSR count). The van der Waals surface area contributed by atoms with Gasteiger partial charge >= 0.3 is 0 Å². The number of ether oxygens (including phenoxy) is 1. The van der Waals surface area contributed by atoms with Crippen molar-refractivity contribution in [2.45, 2.75) is 19.4 Å². The number of hydrogen-bond donors (Lipinski definition) is 2. The number of aliphatic imine (C=N–C) groups is 1. The quantitative estimate of drug-likeness (QED) is 0.255. The molecule has 1 aliphatic heterocycles. The van der Waals surface area contributed by atoms with Crippen LogP contribution < -0.4 is 10.6 Å². The van der Waals surface area contributed by atoms with Crippen LogP contribution in [0.5, 0.6) is 0 Å². The summed E-state index contributed by atoms with van der Waals surface area (Å²) >= 11 is 0. The van der Waals surface area contributed by atoms with Crippen LogP contribution in [0, 0.1) is 0 Å². The SMILES string of the molecule is C=CCNC(=NCC(=O)N(C)C)NCC(C)(C)N1CCOCC1.I. The maximum Gasteiger partial charge on any atom is 0.243 e. The Morgan fingerprint density at radius 3 is 2.50 bits per heavy atom. The average molecular weight is 453 g/mol. The van der Waals surface area contributed by atoms with E-state index in [0.29, 0.717) is 12.5 Å². The fraction of sp³-hybridized carbons (Fsp3) is 0.750. The Balaban J connectivity index is 0.00000529. The van der Waals surface area contributed by atoms with Gasteiger partial charge in [-0.15, -0.1) is 30.6 Å². The van der Waals surface area contributed by atoms with Gasteiger partial charge in [-0.2, -0.15) is 0 Å². The summed E-state index contributed by atoms with van der Waals surface area (Å²) in [5.41, 5.74) is -0.0219. The number of amides is 1. The van der Waals surface area contributed by atoms with Crippen LogP contribution in [0.3, 0.4) is 0 Å². The highest BCUT2D eigenvalue weighted by Crippen LogP contribution is 2.14. The van der Waals surface area contributed by atoms with E-state index in [1.165, 1.54) is 4.90 Å². The van der Waals surface area contributed by atoms with E-state index in [9.17, 15) is 4.79 Å². The molecular weight excluding hydrogens is 421 g/mol. The highest BCUT2D eigenvalue weighted by Gasteiger charge is 2.28. The van der Waals surface area contributed by atoms with Crippen molar-refractivity contribution in [3.05, 3.63) is 12.7 Å². The normalized spacial score (nSPS) is 16.1. The number of nitrogens with zero attached hydrogens (tertiary/aromatic N) is 3. The first-order valence-corrected chi connectivity index (χ1v) is 8.03. The molecule has 7 nitrogen and oxygen atoms in total. The number of carbonyl (C=O) groups is 1. The van der Waals surface area contributed by atoms with Crippen LogP contribution in [0.15, 0.2) is 17.6 Å². The first kappa shape index (κ1) is 23.1. The van der Waals surface area contributed by atoms with E-state index >= 15 is 0 Å². The number of likely N-dealkylation sites (N-methyl/N-ethyl adjacent to an activating group) is 1. The molecule has 0 aliphatic carbocycles. The molecule has 0 aromatic heterocycles. The van der Waals surface area contributed by atoms with E-state index in [-0.39, 0.29) is 42.0 Å². The van der Waals surface area contributed by atoms with E-state index < -0.39 is 0 Å². The lowest BCUT2D eigenvalue weighted by molar-refractivity contribution is -0.127. The molecule has 1 amide bonds. The molecule has 0 atom stereocenters. The van der Waals surface area contributed by atoms with E-state index in [0.717, 1.165) is 32.8 Å². The number of halogens is 1. The molecule has 0 unspecified atom stereocenters. The molecule has 1 saturated heterocycles. The van der Waals surface area contributed by atoms with Gasteiger partial charge in [-0.25, -0.2) is 4.99 Å². The highest BCUT2D eigenvalue weighted by atomic mass is 127. The summed E-state index contributed by atoms with van der Waals surface area (Å²) in [6.07, 6.45) is 1.76. The Kier molecular flexibility index (Phi) is 11.2. The van der Waals surface area contributed by atoms with Gasteiger partial charge in [0.05, 0.1) is 13.2 Å². The van der Waals surface area contributed by atoms with Crippen molar-refractivity contribution in [3.8, 4) is 0 Å². The standard InChI is InChI=1S/C16H31N5O2.HI/c1-6-7-17-15(18-12-14(22)20(4)5)19-13-16(2,3)21-8-10-23-11-9-21;/h6H,1,7-13H2,2-5H3,(H2,17,18,19);1H. The lowest BCUT2D eigenvalue weighted by atomic mass is 10.0. The summed E-state index contributed by atoms with van der Waals surface area (Å²) in [5, 5.41) is 6.47. The van der Waals surface area contributed by atoms with Crippen molar-refractivity contribution in [2.24, 2.45) is 4.99 Å². The number of hydrogen-bond acceptors (Lipinski definition) is 4. The molecule has 0 aromatic rings. The minimum Gasteiger partial charge on any atom is -0.379 e. The number of morpholine rings is 1. The number of rotatable bonds is 7. The largest absolute Gasteiger partial charge is 0.379 e. The summed E-state index contributed by atoms with van der Waals surface area (Å²) in [6.45, 7) is 12.9. The van der Waals surface area contributed by atoms with Gasteiger partial charge in [-0.1, -0.05) is 6.08 Å². The van der Waals surface area contributed by atoms with Crippen molar-refractivity contribution < 1.29 is 9.53 Å². The molecule has 0 saturated carbocycles. The van der Waals surface area contributed by atoms with E-state index in [1.54, 1.807) is 20.2 Å². The Morgan fingerprint density at radius 2 is 1.96 bits per heavy atom. The van der Waals surface area contributed by atoms with E-state index in [4.69, 9.17) is 4.74 Å². The maximum atomic E-state index is 11.7. The van der Waals surface area contributed by atoms with Crippen molar-refractivity contribution in [1.82, 2.24) is 20.4 Å². The Labute approximate surface area is 162 Å². The minimum absolute atomic E-state index is 0. The molecule has 1 aliphatic rings. The third-order valence-electron chi connectivity index (χ3n) is 3.84. The van der Waals surface area contributed by atoms with Crippen LogP contribution in [0.25, 0.3) is 0 Å². The molecule has 0 spiro atoms. The number of carbonyl (C=O) groups excluding carboxylic acids is 1. The first-order valence-electron chi connectivity index (χ1n) is 8.03. The van der Waals surface area contributed by atoms with Crippen LogP contribution in [0.2, 0.25) is 0 Å². The molecule has 0 aromatic carbocycles. The summed E-state index contributed by atoms with van der Waals surface area (Å²) < 4.78 is 5.41. The lowest BCUT2D eigenvalue weighted by Gasteiger charge is -2.41. The predicted octanol–water partition coefficient (Wildman–Crippen LogP) is 0.525. The molecule has 2 N–H and O–H groups in total. The highest BCUT2D eigenvalue weighted by molar-refractivity contribution is 14.0. The maximum absolute atomic E-state index is 11.7. The van der Waals surface area contributed by atoms with Gasteiger partial charge in [0.15, 0.2) is 5.96 Å². The molecule has 0 bridgehead atoms. The van der Waals surface area contributed by atoms with Gasteiger partial charge in [-0.3, -0.25) is 9.69 Å². The van der Waals surface area contributed by atoms with E-state index in [2.05, 4.69) is 41.0 Å². The van der Waals surface area contributed by atoms with Gasteiger partial charge in [0.1, 0.15) is 6.54 Å². The van der Waals surface area contributed by atoms with Crippen LogP contribution >= 0.6 is 24.0 Å². The summed E-state index contributed by atoms with van der Waals surface area (Å²) in [6, 6.07) is 0. The second-order valence-electron chi connectivity index (χ2n) is 6.39. The molecule has 1 heterocycles. The van der Waals surface area contributed by atoms with Crippen LogP contribution in [-0.4, -0.2) is 87.2 Å². The summed E-state index contributed by atoms with van der Waals surface area (Å²) in [7, 11) is 3.45. The second kappa shape index (κ2) is 11.6. The average Bonchev–Trinajstić information content (AvgIpc) is 2.54. The zero-order valence-electron chi connectivity index (χ0n) is 15.3. The number of guanidine groups is 1. The summed E-state index contributed by atoms with van der Waals surface area (Å²) in [4.78, 5) is 20.0. The zero-order chi connectivity index (χ0) is 17.3. The Morgan fingerprint density at radius 1 is 1.33 bits per heavy atom. The summed E-state index contributed by atoms with van der Waals surface area (Å²) in [5.74, 6) is 0.596. The monoisotopic (exact) mass is 453 g/mol. The molecule has 140 valence electrons. The molecule has 8 heteroatoms. The van der Waals surface area contributed by atoms with Crippen LogP contribution in [0.4, 0.5) is 0 Å². The van der Waals surface area contributed by atoms with Gasteiger partial charge in [0.25, 0.3) is 0 Å². The molecule has 1 fully saturated rings. The Bertz CT molecular complexity index is 421. The predicted molar refractivity (Wildman–Crippen MR) is 109 cm³/mol. The number of nitrogens with one attached hydrogen (secondary N) is 2. The third-order valence-corrected chi connectivity index (χ3v) is 3.84. The topological polar surface area (TPSA) is 69.2 Å². The smallest absolute Gasteiger partial charge is 0.243 e. The molecule has 0 radical (unpaired) electrons. The van der Waals surface area contributed by atoms with E-state index in [1.807, 2.05) is 0 Å². The van der Waals surface area contributed by atoms with Gasteiger partial charge in [-0.05, 0) is 13.8 Å². The Hall–Kier alpha value is -0.870. The second-order valence-corrected chi connectivity index (χ2v) is 6.39. The lowest BCUT2D eigenvalue weighted by Crippen LogP contribution is -2.56. The minimum atomic E-state index is -0.0304. The van der Waals surface area contributed by atoms with Gasteiger partial charge < -0.3 is 20.3 Å². The zero-order valence-corrected chi connectivity index (χ0v) is 17.6. The third kappa shape index (κ3) is 8.29. The van der Waals surface area contributed by atoms with Crippen LogP contribution in [0.1, 0.15) is 13.8 Å². The van der Waals surface area contributed by atoms with Crippen molar-refractivity contribution in [2.75, 3.05) is 60.0 Å². The van der Waals surface area contributed by atoms with Gasteiger partial charge in [0, 0.05) is 45.8 Å².